The van der Waals surface area contributed by atoms with E-state index < -0.39 is 122 Å². The summed E-state index contributed by atoms with van der Waals surface area (Å²) in [6, 6.07) is 0.525. The van der Waals surface area contributed by atoms with Gasteiger partial charge in [-0.3, -0.25) is 0 Å². The normalized spacial score (nSPS) is 11.5. The fourth-order valence-corrected chi connectivity index (χ4v) is 3.61. The van der Waals surface area contributed by atoms with Crippen LogP contribution in [0.5, 0.6) is 5.75 Å². The van der Waals surface area contributed by atoms with Crippen LogP contribution in [0.4, 0.5) is 61.5 Å². The van der Waals surface area contributed by atoms with Crippen molar-refractivity contribution in [1.29, 1.82) is 0 Å². The summed E-state index contributed by atoms with van der Waals surface area (Å²) in [7, 11) is -3.37. The molecule has 1 N–H and O–H groups in total. The smallest absolute Gasteiger partial charge is 0.530 e. The van der Waals surface area contributed by atoms with Crippen LogP contribution in [0.1, 0.15) is 0 Å². The zero-order valence-corrected chi connectivity index (χ0v) is 17.9. The van der Waals surface area contributed by atoms with Crippen LogP contribution >= 0.6 is 0 Å². The molecule has 0 spiro atoms. The molecule has 0 aromatic heterocycles. The van der Waals surface area contributed by atoms with Gasteiger partial charge in [-0.05, 0) is 11.5 Å². The Morgan fingerprint density at radius 3 is 1.44 bits per heavy atom. The van der Waals surface area contributed by atoms with Gasteiger partial charge in [0.1, 0.15) is 0 Å². The maximum atomic E-state index is 14.6. The molecule has 0 radical (unpaired) electrons. The van der Waals surface area contributed by atoms with Crippen LogP contribution in [0, 0.1) is 81.4 Å². The second kappa shape index (κ2) is 9.62. The van der Waals surface area contributed by atoms with E-state index in [0.717, 1.165) is 0 Å². The third kappa shape index (κ3) is 4.02. The van der Waals surface area contributed by atoms with E-state index >= 15 is 0 Å². The summed E-state index contributed by atoms with van der Waals surface area (Å²) < 4.78 is 201. The van der Waals surface area contributed by atoms with Crippen molar-refractivity contribution >= 4 is 23.4 Å². The highest BCUT2D eigenvalue weighted by molar-refractivity contribution is 6.64. The first-order chi connectivity index (χ1) is 18.1. The molecule has 0 unspecified atom stereocenters. The van der Waals surface area contributed by atoms with Gasteiger partial charge >= 0.3 is 7.12 Å². The van der Waals surface area contributed by atoms with Crippen molar-refractivity contribution in [3.63, 3.8) is 0 Å². The van der Waals surface area contributed by atoms with Crippen LogP contribution in [0.25, 0.3) is 21.9 Å². The van der Waals surface area contributed by atoms with Crippen molar-refractivity contribution in [3.05, 3.63) is 93.6 Å². The minimum atomic E-state index is -3.37. The van der Waals surface area contributed by atoms with Crippen LogP contribution in [0.15, 0.2) is 12.1 Å². The van der Waals surface area contributed by atoms with Crippen LogP contribution in [-0.4, -0.2) is 12.1 Å². The number of rotatable bonds is 4. The lowest BCUT2D eigenvalue weighted by Crippen LogP contribution is -2.41. The Labute approximate surface area is 205 Å². The number of hydrogen-bond donors (Lipinski definition) is 1. The Bertz CT molecular complexity index is 1680. The maximum Gasteiger partial charge on any atom is 0.563 e. The zero-order chi connectivity index (χ0) is 29.2. The minimum Gasteiger partial charge on any atom is -0.530 e. The predicted molar refractivity (Wildman–Crippen MR) is 103 cm³/mol. The van der Waals surface area contributed by atoms with Gasteiger partial charge in [0, 0.05) is 5.46 Å². The van der Waals surface area contributed by atoms with E-state index in [9.17, 15) is 66.5 Å². The molecule has 0 aliphatic carbocycles. The van der Waals surface area contributed by atoms with Gasteiger partial charge in [0.15, 0.2) is 69.7 Å². The van der Waals surface area contributed by atoms with E-state index in [1.807, 2.05) is 0 Å². The number of halogens is 14. The van der Waals surface area contributed by atoms with Crippen molar-refractivity contribution in [1.82, 2.24) is 0 Å². The molecule has 0 aliphatic rings. The highest BCUT2D eigenvalue weighted by Gasteiger charge is 2.39. The van der Waals surface area contributed by atoms with E-state index in [-0.39, 0.29) is 6.07 Å². The standard InChI is InChI=1S/C22H3BF14O2/c24-4-2-1-3-5(9(4)25)10(26)15(31)14(30)8(3)23(38)39-22-7(13(29)18(34)20(36)21(22)37)6-11(27)16(32)19(35)17(33)12(6)28/h1-2,38H. The largest absolute Gasteiger partial charge is 0.563 e. The van der Waals surface area contributed by atoms with Gasteiger partial charge in [-0.25, -0.2) is 57.1 Å². The first kappa shape index (κ1) is 28.0. The van der Waals surface area contributed by atoms with Crippen LogP contribution in [0.2, 0.25) is 0 Å². The maximum absolute atomic E-state index is 14.6. The SMILES string of the molecule is OB(Oc1c(F)c(F)c(F)c(F)c1-c1c(F)c(F)c(F)c(F)c1F)c1c(F)c(F)c(F)c2c(F)c(F)ccc12. The quantitative estimate of drug-likeness (QED) is 0.135. The van der Waals surface area contributed by atoms with Gasteiger partial charge in [0.2, 0.25) is 17.5 Å². The molecular formula is C22H3BF14O2. The molecule has 0 aliphatic heterocycles. The molecule has 17 heteroatoms. The van der Waals surface area contributed by atoms with Crippen molar-refractivity contribution < 1.29 is 71.1 Å². The first-order valence-corrected chi connectivity index (χ1v) is 9.79. The van der Waals surface area contributed by atoms with E-state index in [1.54, 1.807) is 0 Å². The molecular weight excluding hydrogens is 573 g/mol. The Kier molecular flexibility index (Phi) is 6.91. The average molecular weight is 576 g/mol. The summed E-state index contributed by atoms with van der Waals surface area (Å²) in [4.78, 5) is 0. The molecule has 0 fully saturated rings. The Morgan fingerprint density at radius 1 is 0.462 bits per heavy atom. The van der Waals surface area contributed by atoms with E-state index in [4.69, 9.17) is 0 Å². The highest BCUT2D eigenvalue weighted by Crippen LogP contribution is 2.42. The molecule has 4 aromatic rings. The lowest BCUT2D eigenvalue weighted by Gasteiger charge is -2.19. The lowest BCUT2D eigenvalue weighted by molar-refractivity contribution is 0.364. The summed E-state index contributed by atoms with van der Waals surface area (Å²) >= 11 is 0. The number of hydrogen-bond acceptors (Lipinski definition) is 2. The molecule has 204 valence electrons. The van der Waals surface area contributed by atoms with Crippen LogP contribution in [0.3, 0.4) is 0 Å². The second-order valence-electron chi connectivity index (χ2n) is 7.51. The molecule has 39 heavy (non-hydrogen) atoms. The fraction of sp³-hybridized carbons (Fsp3) is 0. The molecule has 0 bridgehead atoms. The Morgan fingerprint density at radius 2 is 0.897 bits per heavy atom. The molecule has 0 saturated heterocycles. The topological polar surface area (TPSA) is 29.5 Å². The summed E-state index contributed by atoms with van der Waals surface area (Å²) in [6.07, 6.45) is 0. The van der Waals surface area contributed by atoms with Crippen molar-refractivity contribution in [2.75, 3.05) is 0 Å². The number of benzene rings is 4. The molecule has 0 saturated carbocycles. The molecule has 2 nitrogen and oxygen atoms in total. The summed E-state index contributed by atoms with van der Waals surface area (Å²) in [6.45, 7) is 0. The molecule has 0 heterocycles. The number of fused-ring (bicyclic) bond motifs is 1. The molecule has 4 rings (SSSR count). The van der Waals surface area contributed by atoms with Gasteiger partial charge in [0.05, 0.1) is 16.5 Å². The van der Waals surface area contributed by atoms with Crippen LogP contribution in [-0.2, 0) is 0 Å². The van der Waals surface area contributed by atoms with Crippen molar-refractivity contribution in [2.45, 2.75) is 0 Å². The average Bonchev–Trinajstić information content (AvgIpc) is 2.90. The Balaban J connectivity index is 2.05. The third-order valence-corrected chi connectivity index (χ3v) is 5.39. The van der Waals surface area contributed by atoms with Gasteiger partial charge in [-0.1, -0.05) is 6.07 Å². The molecule has 0 atom stereocenters. The summed E-state index contributed by atoms with van der Waals surface area (Å²) in [5, 5.41) is 7.40. The first-order valence-electron chi connectivity index (χ1n) is 9.79. The lowest BCUT2D eigenvalue weighted by atomic mass is 9.75. The zero-order valence-electron chi connectivity index (χ0n) is 17.9. The van der Waals surface area contributed by atoms with E-state index in [0.29, 0.717) is 6.07 Å². The Hall–Kier alpha value is -4.02. The predicted octanol–water partition coefficient (Wildman–Crippen LogP) is 6.22. The van der Waals surface area contributed by atoms with Gasteiger partial charge in [-0.15, -0.1) is 0 Å². The molecule has 0 amide bonds. The monoisotopic (exact) mass is 576 g/mol. The van der Waals surface area contributed by atoms with E-state index in [2.05, 4.69) is 4.65 Å². The van der Waals surface area contributed by atoms with Crippen molar-refractivity contribution in [2.24, 2.45) is 0 Å². The van der Waals surface area contributed by atoms with Gasteiger partial charge < -0.3 is 9.68 Å². The van der Waals surface area contributed by atoms with Crippen LogP contribution < -0.4 is 10.1 Å². The summed E-state index contributed by atoms with van der Waals surface area (Å²) in [5.41, 5.74) is -6.55. The van der Waals surface area contributed by atoms with Crippen molar-refractivity contribution in [3.8, 4) is 16.9 Å². The minimum absolute atomic E-state index is 0.197. The summed E-state index contributed by atoms with van der Waals surface area (Å²) in [5.74, 6) is -39.3. The van der Waals surface area contributed by atoms with Gasteiger partial charge in [0.25, 0.3) is 0 Å². The van der Waals surface area contributed by atoms with Gasteiger partial charge in [-0.2, -0.15) is 4.39 Å². The molecule has 4 aromatic carbocycles. The third-order valence-electron chi connectivity index (χ3n) is 5.39. The highest BCUT2D eigenvalue weighted by atomic mass is 19.2. The second-order valence-corrected chi connectivity index (χ2v) is 7.51. The van der Waals surface area contributed by atoms with E-state index in [1.165, 1.54) is 0 Å². The fourth-order valence-electron chi connectivity index (χ4n) is 3.61.